The summed E-state index contributed by atoms with van der Waals surface area (Å²) < 4.78 is 37.1. The van der Waals surface area contributed by atoms with Crippen molar-refractivity contribution in [2.24, 2.45) is 0 Å². The highest BCUT2D eigenvalue weighted by atomic mass is 32.1. The second-order valence-corrected chi connectivity index (χ2v) is 5.50. The van der Waals surface area contributed by atoms with Crippen molar-refractivity contribution >= 4 is 11.3 Å². The molecule has 0 amide bonds. The number of aliphatic hydroxyl groups excluding tert-OH is 1. The summed E-state index contributed by atoms with van der Waals surface area (Å²) in [5.41, 5.74) is -0.491. The monoisotopic (exact) mass is 253 g/mol. The van der Waals surface area contributed by atoms with Gasteiger partial charge in [0.1, 0.15) is 0 Å². The van der Waals surface area contributed by atoms with Crippen LogP contribution in [0.4, 0.5) is 13.2 Å². The highest BCUT2D eigenvalue weighted by Gasteiger charge is 2.36. The van der Waals surface area contributed by atoms with Crippen LogP contribution < -0.4 is 0 Å². The number of aromatic nitrogens is 1. The van der Waals surface area contributed by atoms with E-state index in [1.54, 1.807) is 20.8 Å². The summed E-state index contributed by atoms with van der Waals surface area (Å²) in [5.74, 6) is 0. The van der Waals surface area contributed by atoms with Crippen LogP contribution in [0.2, 0.25) is 0 Å². The number of thiazole rings is 1. The Morgan fingerprint density at radius 1 is 1.44 bits per heavy atom. The number of hydrogen-bond donors (Lipinski definition) is 1. The topological polar surface area (TPSA) is 33.1 Å². The highest BCUT2D eigenvalue weighted by molar-refractivity contribution is 7.11. The van der Waals surface area contributed by atoms with Crippen molar-refractivity contribution in [3.63, 3.8) is 0 Å². The van der Waals surface area contributed by atoms with E-state index in [1.807, 2.05) is 0 Å². The van der Waals surface area contributed by atoms with Crippen LogP contribution in [0, 0.1) is 0 Å². The van der Waals surface area contributed by atoms with Gasteiger partial charge in [0.25, 0.3) is 0 Å². The van der Waals surface area contributed by atoms with Gasteiger partial charge in [0.05, 0.1) is 6.10 Å². The normalized spacial score (nSPS) is 15.2. The van der Waals surface area contributed by atoms with Crippen LogP contribution in [0.15, 0.2) is 6.20 Å². The molecule has 0 aromatic carbocycles. The van der Waals surface area contributed by atoms with Crippen LogP contribution in [0.3, 0.4) is 0 Å². The zero-order chi connectivity index (χ0) is 12.6. The lowest BCUT2D eigenvalue weighted by atomic mass is 9.86. The van der Waals surface area contributed by atoms with Gasteiger partial charge in [-0.1, -0.05) is 13.8 Å². The molecule has 0 saturated heterocycles. The Morgan fingerprint density at radius 2 is 2.00 bits per heavy atom. The zero-order valence-electron chi connectivity index (χ0n) is 9.30. The molecule has 0 aliphatic rings. The number of alkyl halides is 3. The van der Waals surface area contributed by atoms with Crippen LogP contribution >= 0.6 is 11.3 Å². The molecular formula is C10H14F3NOS. The number of nitrogens with zero attached hydrogens (tertiary/aromatic N) is 1. The Bertz CT molecular complexity index is 357. The molecule has 0 radical (unpaired) electrons. The van der Waals surface area contributed by atoms with Gasteiger partial charge in [-0.3, -0.25) is 0 Å². The molecule has 0 spiro atoms. The number of halogens is 3. The van der Waals surface area contributed by atoms with Gasteiger partial charge in [0.15, 0.2) is 5.01 Å². The van der Waals surface area contributed by atoms with Gasteiger partial charge < -0.3 is 5.11 Å². The van der Waals surface area contributed by atoms with Crippen molar-refractivity contribution in [2.75, 3.05) is 0 Å². The Hall–Kier alpha value is -0.620. The largest absolute Gasteiger partial charge is 0.443 e. The smallest absolute Gasteiger partial charge is 0.393 e. The summed E-state index contributed by atoms with van der Waals surface area (Å²) >= 11 is 0.642. The second kappa shape index (κ2) is 4.33. The molecule has 2 nitrogen and oxygen atoms in total. The molecule has 1 heterocycles. The molecule has 6 heteroatoms. The maximum atomic E-state index is 12.4. The molecule has 0 aliphatic carbocycles. The average Bonchev–Trinajstić information content (AvgIpc) is 2.47. The molecule has 1 N–H and O–H groups in total. The third kappa shape index (κ3) is 3.18. The molecule has 1 atom stereocenters. The molecule has 16 heavy (non-hydrogen) atoms. The van der Waals surface area contributed by atoms with Gasteiger partial charge >= 0.3 is 6.18 Å². The van der Waals surface area contributed by atoms with Crippen molar-refractivity contribution < 1.29 is 18.3 Å². The average molecular weight is 253 g/mol. The first-order valence-corrected chi connectivity index (χ1v) is 5.66. The third-order valence-electron chi connectivity index (χ3n) is 2.22. The van der Waals surface area contributed by atoms with Crippen molar-refractivity contribution in [3.8, 4) is 0 Å². The summed E-state index contributed by atoms with van der Waals surface area (Å²) in [7, 11) is 0. The van der Waals surface area contributed by atoms with Crippen LogP contribution in [-0.4, -0.2) is 16.2 Å². The van der Waals surface area contributed by atoms with Crippen LogP contribution in [0.25, 0.3) is 0 Å². The summed E-state index contributed by atoms with van der Waals surface area (Å²) in [5, 5.41) is 8.45. The quantitative estimate of drug-likeness (QED) is 0.897. The Labute approximate surface area is 96.1 Å². The van der Waals surface area contributed by atoms with Gasteiger partial charge in [-0.05, 0) is 13.3 Å². The molecule has 0 fully saturated rings. The van der Waals surface area contributed by atoms with E-state index in [0.29, 0.717) is 22.6 Å². The van der Waals surface area contributed by atoms with Crippen molar-refractivity contribution in [1.82, 2.24) is 4.98 Å². The first-order chi connectivity index (χ1) is 7.13. The standard InChI is InChI=1S/C10H14F3NOS/c1-6(15)4-9(2,3)7-5-14-8(16-7)10(11,12)13/h5-6,15H,4H2,1-3H3. The van der Waals surface area contributed by atoms with E-state index in [0.717, 1.165) is 0 Å². The Morgan fingerprint density at radius 3 is 2.38 bits per heavy atom. The fourth-order valence-electron chi connectivity index (χ4n) is 1.56. The molecule has 0 saturated carbocycles. The highest BCUT2D eigenvalue weighted by Crippen LogP contribution is 2.38. The molecule has 0 bridgehead atoms. The van der Waals surface area contributed by atoms with E-state index in [1.165, 1.54) is 6.20 Å². The van der Waals surface area contributed by atoms with Crippen molar-refractivity contribution in [2.45, 2.75) is 44.9 Å². The van der Waals surface area contributed by atoms with E-state index in [-0.39, 0.29) is 0 Å². The lowest BCUT2D eigenvalue weighted by molar-refractivity contribution is -0.137. The number of aliphatic hydroxyl groups is 1. The summed E-state index contributed by atoms with van der Waals surface area (Å²) in [6.45, 7) is 5.22. The molecule has 92 valence electrons. The Balaban J connectivity index is 2.93. The fraction of sp³-hybridized carbons (Fsp3) is 0.700. The molecule has 0 aliphatic heterocycles. The van der Waals surface area contributed by atoms with Crippen molar-refractivity contribution in [1.29, 1.82) is 0 Å². The SMILES string of the molecule is CC(O)CC(C)(C)c1cnc(C(F)(F)F)s1. The van der Waals surface area contributed by atoms with Gasteiger partial charge in [-0.15, -0.1) is 11.3 Å². The van der Waals surface area contributed by atoms with Crippen LogP contribution in [-0.2, 0) is 11.6 Å². The lowest BCUT2D eigenvalue weighted by Crippen LogP contribution is -2.21. The van der Waals surface area contributed by atoms with Crippen LogP contribution in [0.5, 0.6) is 0 Å². The molecule has 1 aromatic heterocycles. The predicted molar refractivity (Wildman–Crippen MR) is 56.4 cm³/mol. The van der Waals surface area contributed by atoms with Crippen LogP contribution in [0.1, 0.15) is 37.1 Å². The van der Waals surface area contributed by atoms with E-state index in [9.17, 15) is 18.3 Å². The van der Waals surface area contributed by atoms with Gasteiger partial charge in [-0.2, -0.15) is 13.2 Å². The molecule has 1 rings (SSSR count). The third-order valence-corrected chi connectivity index (χ3v) is 3.63. The zero-order valence-corrected chi connectivity index (χ0v) is 10.1. The summed E-state index contributed by atoms with van der Waals surface area (Å²) in [6, 6.07) is 0. The van der Waals surface area contributed by atoms with E-state index in [2.05, 4.69) is 4.98 Å². The molecule has 1 aromatic rings. The predicted octanol–water partition coefficient (Wildman–Crippen LogP) is 3.21. The van der Waals surface area contributed by atoms with E-state index in [4.69, 9.17) is 0 Å². The van der Waals surface area contributed by atoms with Gasteiger partial charge in [0, 0.05) is 16.5 Å². The summed E-state index contributed by atoms with van der Waals surface area (Å²) in [4.78, 5) is 3.92. The maximum absolute atomic E-state index is 12.4. The fourth-order valence-corrected chi connectivity index (χ4v) is 2.45. The minimum atomic E-state index is -4.39. The van der Waals surface area contributed by atoms with E-state index < -0.39 is 22.7 Å². The maximum Gasteiger partial charge on any atom is 0.443 e. The lowest BCUT2D eigenvalue weighted by Gasteiger charge is -2.24. The minimum absolute atomic E-state index is 0.409. The molecular weight excluding hydrogens is 239 g/mol. The van der Waals surface area contributed by atoms with Gasteiger partial charge in [-0.25, -0.2) is 4.98 Å². The number of hydrogen-bond acceptors (Lipinski definition) is 3. The number of rotatable bonds is 3. The summed E-state index contributed by atoms with van der Waals surface area (Å²) in [6.07, 6.45) is -3.28. The van der Waals surface area contributed by atoms with E-state index >= 15 is 0 Å². The first kappa shape index (κ1) is 13.4. The second-order valence-electron chi connectivity index (χ2n) is 4.46. The van der Waals surface area contributed by atoms with Crippen molar-refractivity contribution in [3.05, 3.63) is 16.1 Å². The minimum Gasteiger partial charge on any atom is -0.393 e. The van der Waals surface area contributed by atoms with Gasteiger partial charge in [0.2, 0.25) is 0 Å². The first-order valence-electron chi connectivity index (χ1n) is 4.84. The molecule has 1 unspecified atom stereocenters. The Kier molecular flexibility index (Phi) is 3.64.